The van der Waals surface area contributed by atoms with Crippen LogP contribution in [0.1, 0.15) is 42.5 Å². The van der Waals surface area contributed by atoms with Crippen LogP contribution >= 0.6 is 0 Å². The Morgan fingerprint density at radius 2 is 1.77 bits per heavy atom. The maximum atomic E-state index is 13.5. The van der Waals surface area contributed by atoms with Gasteiger partial charge in [0.05, 0.1) is 12.1 Å². The lowest BCUT2D eigenvalue weighted by Crippen LogP contribution is -2.38. The van der Waals surface area contributed by atoms with Crippen molar-refractivity contribution in [2.75, 3.05) is 20.1 Å². The fraction of sp³-hybridized carbons (Fsp3) is 0.435. The number of aliphatic hydroxyl groups excluding tert-OH is 1. The van der Waals surface area contributed by atoms with Crippen LogP contribution in [-0.4, -0.2) is 42.2 Å². The molecule has 0 amide bonds. The molecule has 0 aliphatic carbocycles. The molecule has 1 unspecified atom stereocenters. The second kappa shape index (κ2) is 10.5. The minimum Gasteiger partial charge on any atom is -0.393 e. The summed E-state index contributed by atoms with van der Waals surface area (Å²) in [5, 5.41) is 16.1. The molecule has 1 atom stereocenters. The van der Waals surface area contributed by atoms with E-state index in [9.17, 15) is 13.9 Å². The summed E-state index contributed by atoms with van der Waals surface area (Å²) < 4.78 is 26.6. The van der Waals surface area contributed by atoms with Gasteiger partial charge in [-0.2, -0.15) is 0 Å². The fourth-order valence-corrected chi connectivity index (χ4v) is 3.55. The molecular weight excluding hydrogens is 386 g/mol. The van der Waals surface area contributed by atoms with E-state index < -0.39 is 11.6 Å². The number of guanidine groups is 1. The normalized spacial score (nSPS) is 17.0. The maximum Gasteiger partial charge on any atom is 0.191 e. The van der Waals surface area contributed by atoms with Crippen LogP contribution in [0.4, 0.5) is 8.78 Å². The lowest BCUT2D eigenvalue weighted by Gasteiger charge is -2.29. The highest BCUT2D eigenvalue weighted by Gasteiger charge is 2.16. The summed E-state index contributed by atoms with van der Waals surface area (Å²) >= 11 is 0. The molecule has 162 valence electrons. The highest BCUT2D eigenvalue weighted by atomic mass is 19.2. The minimum absolute atomic E-state index is 0.150. The molecule has 1 aliphatic rings. The largest absolute Gasteiger partial charge is 0.393 e. The van der Waals surface area contributed by atoms with E-state index in [1.165, 1.54) is 11.6 Å². The Bertz CT molecular complexity index is 849. The zero-order chi connectivity index (χ0) is 21.5. The van der Waals surface area contributed by atoms with Gasteiger partial charge in [-0.3, -0.25) is 9.89 Å². The molecule has 0 bridgehead atoms. The first-order chi connectivity index (χ1) is 14.4. The SMILES string of the molecule is CN=C(NCc1ccc(CN2CCC(O)CC2)cc1)NC(C)c1ccc(F)c(F)c1. The Morgan fingerprint density at radius 3 is 2.40 bits per heavy atom. The fourth-order valence-electron chi connectivity index (χ4n) is 3.55. The van der Waals surface area contributed by atoms with Gasteiger partial charge in [-0.25, -0.2) is 8.78 Å². The molecule has 1 fully saturated rings. The summed E-state index contributed by atoms with van der Waals surface area (Å²) in [5.41, 5.74) is 3.02. The summed E-state index contributed by atoms with van der Waals surface area (Å²) in [4.78, 5) is 6.58. The number of hydrogen-bond acceptors (Lipinski definition) is 3. The number of likely N-dealkylation sites (tertiary alicyclic amines) is 1. The van der Waals surface area contributed by atoms with Crippen molar-refractivity contribution >= 4 is 5.96 Å². The second-order valence-electron chi connectivity index (χ2n) is 7.79. The lowest BCUT2D eigenvalue weighted by molar-refractivity contribution is 0.0792. The van der Waals surface area contributed by atoms with Gasteiger partial charge in [0.25, 0.3) is 0 Å². The zero-order valence-corrected chi connectivity index (χ0v) is 17.5. The van der Waals surface area contributed by atoms with Crippen molar-refractivity contribution in [2.24, 2.45) is 4.99 Å². The van der Waals surface area contributed by atoms with E-state index in [0.717, 1.165) is 44.1 Å². The number of benzene rings is 2. The van der Waals surface area contributed by atoms with Gasteiger partial charge in [-0.05, 0) is 48.6 Å². The van der Waals surface area contributed by atoms with Gasteiger partial charge < -0.3 is 15.7 Å². The zero-order valence-electron chi connectivity index (χ0n) is 17.5. The smallest absolute Gasteiger partial charge is 0.191 e. The highest BCUT2D eigenvalue weighted by Crippen LogP contribution is 2.16. The summed E-state index contributed by atoms with van der Waals surface area (Å²) in [6.07, 6.45) is 1.54. The average molecular weight is 417 g/mol. The second-order valence-corrected chi connectivity index (χ2v) is 7.79. The van der Waals surface area contributed by atoms with E-state index in [1.54, 1.807) is 13.1 Å². The van der Waals surface area contributed by atoms with Crippen molar-refractivity contribution in [3.63, 3.8) is 0 Å². The Morgan fingerprint density at radius 1 is 1.10 bits per heavy atom. The Hall–Kier alpha value is -2.51. The first kappa shape index (κ1) is 22.2. The van der Waals surface area contributed by atoms with Gasteiger partial charge >= 0.3 is 0 Å². The van der Waals surface area contributed by atoms with Gasteiger partial charge in [0.1, 0.15) is 0 Å². The number of hydrogen-bond donors (Lipinski definition) is 3. The number of nitrogens with one attached hydrogen (secondary N) is 2. The molecule has 5 nitrogen and oxygen atoms in total. The number of rotatable bonds is 6. The molecule has 30 heavy (non-hydrogen) atoms. The van der Waals surface area contributed by atoms with Crippen LogP contribution in [0.15, 0.2) is 47.5 Å². The molecule has 0 aromatic heterocycles. The van der Waals surface area contributed by atoms with E-state index in [2.05, 4.69) is 44.8 Å². The number of halogens is 2. The maximum absolute atomic E-state index is 13.5. The quantitative estimate of drug-likeness (QED) is 0.499. The van der Waals surface area contributed by atoms with E-state index in [0.29, 0.717) is 18.1 Å². The third-order valence-corrected chi connectivity index (χ3v) is 5.47. The van der Waals surface area contributed by atoms with Crippen LogP contribution in [-0.2, 0) is 13.1 Å². The number of aliphatic imine (C=N–C) groups is 1. The Kier molecular flexibility index (Phi) is 7.76. The first-order valence-corrected chi connectivity index (χ1v) is 10.3. The predicted molar refractivity (Wildman–Crippen MR) is 115 cm³/mol. The Balaban J connectivity index is 1.49. The van der Waals surface area contributed by atoms with Gasteiger partial charge in [0, 0.05) is 33.2 Å². The van der Waals surface area contributed by atoms with Crippen LogP contribution in [0, 0.1) is 11.6 Å². The molecule has 1 heterocycles. The Labute approximate surface area is 176 Å². The summed E-state index contributed by atoms with van der Waals surface area (Å²) in [6, 6.07) is 12.1. The monoisotopic (exact) mass is 416 g/mol. The van der Waals surface area contributed by atoms with Crippen LogP contribution in [0.25, 0.3) is 0 Å². The molecular formula is C23H30F2N4O. The van der Waals surface area contributed by atoms with Gasteiger partial charge in [-0.1, -0.05) is 30.3 Å². The van der Waals surface area contributed by atoms with Crippen molar-refractivity contribution in [1.29, 1.82) is 0 Å². The van der Waals surface area contributed by atoms with E-state index in [1.807, 2.05) is 6.92 Å². The molecule has 3 N–H and O–H groups in total. The molecule has 2 aromatic carbocycles. The van der Waals surface area contributed by atoms with E-state index >= 15 is 0 Å². The van der Waals surface area contributed by atoms with E-state index in [4.69, 9.17) is 0 Å². The van der Waals surface area contributed by atoms with Crippen LogP contribution in [0.2, 0.25) is 0 Å². The minimum atomic E-state index is -0.857. The number of piperidine rings is 1. The summed E-state index contributed by atoms with van der Waals surface area (Å²) in [6.45, 7) is 5.23. The molecule has 2 aromatic rings. The summed E-state index contributed by atoms with van der Waals surface area (Å²) in [7, 11) is 1.67. The summed E-state index contributed by atoms with van der Waals surface area (Å²) in [5.74, 6) is -1.12. The topological polar surface area (TPSA) is 59.9 Å². The average Bonchev–Trinajstić information content (AvgIpc) is 2.75. The van der Waals surface area contributed by atoms with Gasteiger partial charge in [0.2, 0.25) is 0 Å². The third kappa shape index (κ3) is 6.24. The van der Waals surface area contributed by atoms with Crippen LogP contribution in [0.5, 0.6) is 0 Å². The molecule has 7 heteroatoms. The number of nitrogens with zero attached hydrogens (tertiary/aromatic N) is 2. The van der Waals surface area contributed by atoms with Crippen LogP contribution < -0.4 is 10.6 Å². The molecule has 0 radical (unpaired) electrons. The van der Waals surface area contributed by atoms with Gasteiger partial charge in [0.15, 0.2) is 17.6 Å². The van der Waals surface area contributed by atoms with Crippen molar-refractivity contribution < 1.29 is 13.9 Å². The predicted octanol–water partition coefficient (Wildman–Crippen LogP) is 3.35. The van der Waals surface area contributed by atoms with E-state index in [-0.39, 0.29) is 12.1 Å². The molecule has 0 spiro atoms. The highest BCUT2D eigenvalue weighted by molar-refractivity contribution is 5.80. The van der Waals surface area contributed by atoms with Gasteiger partial charge in [-0.15, -0.1) is 0 Å². The van der Waals surface area contributed by atoms with Crippen molar-refractivity contribution in [1.82, 2.24) is 15.5 Å². The third-order valence-electron chi connectivity index (χ3n) is 5.47. The first-order valence-electron chi connectivity index (χ1n) is 10.3. The van der Waals surface area contributed by atoms with Crippen molar-refractivity contribution in [2.45, 2.75) is 45.0 Å². The molecule has 1 saturated heterocycles. The number of aliphatic hydroxyl groups is 1. The van der Waals surface area contributed by atoms with Crippen molar-refractivity contribution in [3.05, 3.63) is 70.8 Å². The van der Waals surface area contributed by atoms with Crippen molar-refractivity contribution in [3.8, 4) is 0 Å². The lowest BCUT2D eigenvalue weighted by atomic mass is 10.1. The molecule has 3 rings (SSSR count). The van der Waals surface area contributed by atoms with Crippen LogP contribution in [0.3, 0.4) is 0 Å². The standard InChI is InChI=1S/C23H30F2N4O/c1-16(19-7-8-21(24)22(25)13-19)28-23(26-2)27-14-17-3-5-18(6-4-17)15-29-11-9-20(30)10-12-29/h3-8,13,16,20,30H,9-12,14-15H2,1-2H3,(H2,26,27,28). The molecule has 0 saturated carbocycles. The molecule has 1 aliphatic heterocycles.